The molecule has 0 aliphatic rings. The van der Waals surface area contributed by atoms with E-state index in [1.54, 1.807) is 0 Å². The van der Waals surface area contributed by atoms with Gasteiger partial charge in [0.15, 0.2) is 0 Å². The predicted octanol–water partition coefficient (Wildman–Crippen LogP) is 3.84. The Hall–Kier alpha value is -3.19. The summed E-state index contributed by atoms with van der Waals surface area (Å²) in [5.74, 6) is 6.22. The number of alkyl carbamates (subject to hydrolysis) is 1. The molecular weight excluding hydrogens is 300 g/mol. The Kier molecular flexibility index (Phi) is 5.16. The second kappa shape index (κ2) is 7.89. The quantitative estimate of drug-likeness (QED) is 0.567. The summed E-state index contributed by atoms with van der Waals surface area (Å²) in [5, 5.41) is 3.81. The summed E-state index contributed by atoms with van der Waals surface area (Å²) >= 11 is 0. The van der Waals surface area contributed by atoms with Crippen molar-refractivity contribution in [3.63, 3.8) is 0 Å². The Bertz CT molecular complexity index is 873. The zero-order valence-electron chi connectivity index (χ0n) is 13.2. The molecule has 0 atom stereocenters. The lowest BCUT2D eigenvalue weighted by Crippen LogP contribution is -2.24. The molecule has 1 heterocycles. The van der Waals surface area contributed by atoms with E-state index in [0.29, 0.717) is 13.0 Å². The first kappa shape index (κ1) is 15.7. The highest BCUT2D eigenvalue weighted by Gasteiger charge is 2.01. The monoisotopic (exact) mass is 318 g/mol. The van der Waals surface area contributed by atoms with Crippen molar-refractivity contribution in [1.29, 1.82) is 0 Å². The standard InChI is InChI=1S/C20H18N2O2/c23-20(24-15-16-7-2-1-3-8-16)22-13-5-4-9-17-10-6-11-19-18(17)12-14-21-19/h1-3,6-8,10-12,14,21H,5,13,15H2,(H,22,23). The molecule has 2 N–H and O–H groups in total. The smallest absolute Gasteiger partial charge is 0.407 e. The fourth-order valence-corrected chi connectivity index (χ4v) is 2.35. The summed E-state index contributed by atoms with van der Waals surface area (Å²) in [5.41, 5.74) is 3.02. The molecule has 0 aliphatic heterocycles. The highest BCUT2D eigenvalue weighted by atomic mass is 16.5. The normalized spacial score (nSPS) is 10.0. The van der Waals surface area contributed by atoms with E-state index >= 15 is 0 Å². The van der Waals surface area contributed by atoms with Crippen LogP contribution in [0.5, 0.6) is 0 Å². The lowest BCUT2D eigenvalue weighted by atomic mass is 10.1. The molecule has 2 aromatic carbocycles. The summed E-state index contributed by atoms with van der Waals surface area (Å²) in [7, 11) is 0. The Morgan fingerprint density at radius 2 is 1.96 bits per heavy atom. The first-order chi connectivity index (χ1) is 11.8. The second-order valence-corrected chi connectivity index (χ2v) is 5.28. The van der Waals surface area contributed by atoms with Crippen molar-refractivity contribution in [3.05, 3.63) is 71.9 Å². The molecule has 1 amide bonds. The van der Waals surface area contributed by atoms with Gasteiger partial charge in [-0.05, 0) is 23.8 Å². The molecule has 4 heteroatoms. The number of hydrogen-bond acceptors (Lipinski definition) is 2. The third-order valence-electron chi connectivity index (χ3n) is 3.55. The largest absolute Gasteiger partial charge is 0.445 e. The van der Waals surface area contributed by atoms with Crippen molar-refractivity contribution in [3.8, 4) is 11.8 Å². The van der Waals surface area contributed by atoms with Gasteiger partial charge in [0.1, 0.15) is 6.61 Å². The summed E-state index contributed by atoms with van der Waals surface area (Å²) in [4.78, 5) is 14.8. The van der Waals surface area contributed by atoms with Crippen molar-refractivity contribution in [1.82, 2.24) is 10.3 Å². The number of carbonyl (C=O) groups is 1. The molecule has 24 heavy (non-hydrogen) atoms. The van der Waals surface area contributed by atoms with Crippen LogP contribution in [0.1, 0.15) is 17.5 Å². The molecule has 3 rings (SSSR count). The van der Waals surface area contributed by atoms with Gasteiger partial charge >= 0.3 is 6.09 Å². The number of hydrogen-bond donors (Lipinski definition) is 2. The van der Waals surface area contributed by atoms with Crippen LogP contribution < -0.4 is 5.32 Å². The molecule has 120 valence electrons. The summed E-state index contributed by atoms with van der Waals surface area (Å²) < 4.78 is 5.14. The maximum Gasteiger partial charge on any atom is 0.407 e. The van der Waals surface area contributed by atoms with Crippen LogP contribution in [-0.4, -0.2) is 17.6 Å². The number of nitrogens with one attached hydrogen (secondary N) is 2. The molecule has 0 radical (unpaired) electrons. The van der Waals surface area contributed by atoms with Crippen molar-refractivity contribution in [2.24, 2.45) is 0 Å². The molecule has 0 fully saturated rings. The highest BCUT2D eigenvalue weighted by Crippen LogP contribution is 2.16. The minimum Gasteiger partial charge on any atom is -0.445 e. The zero-order valence-corrected chi connectivity index (χ0v) is 13.2. The summed E-state index contributed by atoms with van der Waals surface area (Å²) in [6.07, 6.45) is 2.05. The summed E-state index contributed by atoms with van der Waals surface area (Å²) in [6, 6.07) is 17.6. The highest BCUT2D eigenvalue weighted by molar-refractivity contribution is 5.85. The number of benzene rings is 2. The fourth-order valence-electron chi connectivity index (χ4n) is 2.35. The molecule has 0 spiro atoms. The van der Waals surface area contributed by atoms with E-state index in [2.05, 4.69) is 22.1 Å². The molecule has 3 aromatic rings. The third kappa shape index (κ3) is 4.17. The van der Waals surface area contributed by atoms with Gasteiger partial charge in [0, 0.05) is 35.6 Å². The van der Waals surface area contributed by atoms with Crippen LogP contribution in [0.15, 0.2) is 60.8 Å². The van der Waals surface area contributed by atoms with Gasteiger partial charge in [-0.25, -0.2) is 4.79 Å². The SMILES string of the molecule is O=C(NCCC#Cc1cccc2[nH]ccc12)OCc1ccccc1. The van der Waals surface area contributed by atoms with Gasteiger partial charge in [0.2, 0.25) is 0 Å². The minimum atomic E-state index is -0.423. The fraction of sp³-hybridized carbons (Fsp3) is 0.150. The average Bonchev–Trinajstić information content (AvgIpc) is 3.10. The Morgan fingerprint density at radius 1 is 1.08 bits per heavy atom. The molecule has 0 bridgehead atoms. The lowest BCUT2D eigenvalue weighted by molar-refractivity contribution is 0.140. The number of ether oxygens (including phenoxy) is 1. The van der Waals surface area contributed by atoms with E-state index in [1.807, 2.05) is 60.8 Å². The first-order valence-electron chi connectivity index (χ1n) is 7.82. The van der Waals surface area contributed by atoms with Crippen LogP contribution in [0.2, 0.25) is 0 Å². The van der Waals surface area contributed by atoms with Gasteiger partial charge in [0.05, 0.1) is 0 Å². The van der Waals surface area contributed by atoms with E-state index < -0.39 is 6.09 Å². The minimum absolute atomic E-state index is 0.272. The Morgan fingerprint density at radius 3 is 2.83 bits per heavy atom. The predicted molar refractivity (Wildman–Crippen MR) is 94.4 cm³/mol. The number of carbonyl (C=O) groups excluding carboxylic acids is 1. The van der Waals surface area contributed by atoms with E-state index in [-0.39, 0.29) is 6.61 Å². The van der Waals surface area contributed by atoms with Gasteiger partial charge in [-0.15, -0.1) is 0 Å². The maximum absolute atomic E-state index is 11.6. The van der Waals surface area contributed by atoms with Gasteiger partial charge < -0.3 is 15.0 Å². The van der Waals surface area contributed by atoms with Crippen molar-refractivity contribution >= 4 is 17.0 Å². The van der Waals surface area contributed by atoms with Gasteiger partial charge in [-0.2, -0.15) is 0 Å². The van der Waals surface area contributed by atoms with Gasteiger partial charge in [-0.3, -0.25) is 0 Å². The Labute approximate surface area is 140 Å². The van der Waals surface area contributed by atoms with Crippen LogP contribution in [0.4, 0.5) is 4.79 Å². The molecular formula is C20H18N2O2. The van der Waals surface area contributed by atoms with Crippen LogP contribution in [0.25, 0.3) is 10.9 Å². The number of aromatic amines is 1. The molecule has 4 nitrogen and oxygen atoms in total. The molecule has 0 saturated carbocycles. The van der Waals surface area contributed by atoms with E-state index in [0.717, 1.165) is 22.0 Å². The molecule has 0 unspecified atom stereocenters. The third-order valence-corrected chi connectivity index (χ3v) is 3.55. The average molecular weight is 318 g/mol. The number of rotatable bonds is 4. The molecule has 1 aromatic heterocycles. The van der Waals surface area contributed by atoms with E-state index in [9.17, 15) is 4.79 Å². The van der Waals surface area contributed by atoms with Crippen molar-refractivity contribution < 1.29 is 9.53 Å². The number of H-pyrrole nitrogens is 1. The Balaban J connectivity index is 1.43. The first-order valence-corrected chi connectivity index (χ1v) is 7.82. The van der Waals surface area contributed by atoms with Crippen LogP contribution in [0.3, 0.4) is 0 Å². The van der Waals surface area contributed by atoms with Crippen LogP contribution >= 0.6 is 0 Å². The molecule has 0 aliphatic carbocycles. The van der Waals surface area contributed by atoms with Crippen molar-refractivity contribution in [2.75, 3.05) is 6.54 Å². The second-order valence-electron chi connectivity index (χ2n) is 5.28. The number of aromatic nitrogens is 1. The summed E-state index contributed by atoms with van der Waals surface area (Å²) in [6.45, 7) is 0.734. The van der Waals surface area contributed by atoms with Crippen LogP contribution in [0, 0.1) is 11.8 Å². The van der Waals surface area contributed by atoms with Gasteiger partial charge in [0.25, 0.3) is 0 Å². The lowest BCUT2D eigenvalue weighted by Gasteiger charge is -2.05. The number of amides is 1. The molecule has 0 saturated heterocycles. The van der Waals surface area contributed by atoms with Gasteiger partial charge in [-0.1, -0.05) is 48.2 Å². The maximum atomic E-state index is 11.6. The van der Waals surface area contributed by atoms with Crippen LogP contribution in [-0.2, 0) is 11.3 Å². The van der Waals surface area contributed by atoms with Crippen molar-refractivity contribution in [2.45, 2.75) is 13.0 Å². The van der Waals surface area contributed by atoms with E-state index in [1.165, 1.54) is 0 Å². The number of fused-ring (bicyclic) bond motifs is 1. The van der Waals surface area contributed by atoms with E-state index in [4.69, 9.17) is 4.74 Å². The topological polar surface area (TPSA) is 54.1 Å². The zero-order chi connectivity index (χ0) is 16.6.